The molecule has 1 atom stereocenters. The molecule has 0 heterocycles. The standard InChI is InChI=1S/C13H19N/c1-11(2)10-13(14)9-8-12-6-4-3-5-7-12/h3-7,10,13H,8-9,14H2,1-2H3. The number of hydrogen-bond acceptors (Lipinski definition) is 1. The van der Waals surface area contributed by atoms with E-state index in [0.717, 1.165) is 12.8 Å². The van der Waals surface area contributed by atoms with Crippen LogP contribution in [0, 0.1) is 0 Å². The van der Waals surface area contributed by atoms with Gasteiger partial charge in [0, 0.05) is 6.04 Å². The number of benzene rings is 1. The lowest BCUT2D eigenvalue weighted by atomic mass is 10.0. The van der Waals surface area contributed by atoms with Gasteiger partial charge in [0.2, 0.25) is 0 Å². The second-order valence-corrected chi connectivity index (χ2v) is 3.93. The highest BCUT2D eigenvalue weighted by molar-refractivity contribution is 5.15. The van der Waals surface area contributed by atoms with Crippen LogP contribution in [0.4, 0.5) is 0 Å². The summed E-state index contributed by atoms with van der Waals surface area (Å²) in [7, 11) is 0. The van der Waals surface area contributed by atoms with E-state index in [1.54, 1.807) is 0 Å². The zero-order chi connectivity index (χ0) is 10.4. The molecule has 1 nitrogen and oxygen atoms in total. The Balaban J connectivity index is 2.38. The molecule has 0 aliphatic carbocycles. The predicted molar refractivity (Wildman–Crippen MR) is 62.2 cm³/mol. The van der Waals surface area contributed by atoms with Gasteiger partial charge in [0.25, 0.3) is 0 Å². The van der Waals surface area contributed by atoms with Crippen LogP contribution in [-0.4, -0.2) is 6.04 Å². The number of rotatable bonds is 4. The van der Waals surface area contributed by atoms with Crippen LogP contribution in [0.25, 0.3) is 0 Å². The number of nitrogens with two attached hydrogens (primary N) is 1. The Morgan fingerprint density at radius 3 is 2.50 bits per heavy atom. The Kier molecular flexibility index (Phi) is 4.41. The van der Waals surface area contributed by atoms with Crippen molar-refractivity contribution >= 4 is 0 Å². The highest BCUT2D eigenvalue weighted by Gasteiger charge is 1.98. The monoisotopic (exact) mass is 189 g/mol. The Morgan fingerprint density at radius 1 is 1.29 bits per heavy atom. The first-order valence-electron chi connectivity index (χ1n) is 5.13. The zero-order valence-electron chi connectivity index (χ0n) is 9.03. The predicted octanol–water partition coefficient (Wildman–Crippen LogP) is 2.91. The van der Waals surface area contributed by atoms with Gasteiger partial charge in [0.15, 0.2) is 0 Å². The molecule has 1 heteroatoms. The largest absolute Gasteiger partial charge is 0.324 e. The van der Waals surface area contributed by atoms with Crippen LogP contribution in [0.2, 0.25) is 0 Å². The van der Waals surface area contributed by atoms with Gasteiger partial charge < -0.3 is 5.73 Å². The van der Waals surface area contributed by atoms with Crippen LogP contribution in [0.5, 0.6) is 0 Å². The van der Waals surface area contributed by atoms with Gasteiger partial charge in [-0.05, 0) is 32.3 Å². The number of allylic oxidation sites excluding steroid dienone is 1. The van der Waals surface area contributed by atoms with Crippen LogP contribution in [0.3, 0.4) is 0 Å². The third-order valence-electron chi connectivity index (χ3n) is 2.16. The molecule has 2 N–H and O–H groups in total. The summed E-state index contributed by atoms with van der Waals surface area (Å²) in [6.07, 6.45) is 4.21. The van der Waals surface area contributed by atoms with Crippen LogP contribution in [0.1, 0.15) is 25.8 Å². The van der Waals surface area contributed by atoms with E-state index in [1.807, 2.05) is 6.07 Å². The molecule has 0 aromatic heterocycles. The van der Waals surface area contributed by atoms with Gasteiger partial charge in [0.05, 0.1) is 0 Å². The highest BCUT2D eigenvalue weighted by Crippen LogP contribution is 2.05. The quantitative estimate of drug-likeness (QED) is 0.724. The molecule has 0 fully saturated rings. The number of aryl methyl sites for hydroxylation is 1. The topological polar surface area (TPSA) is 26.0 Å². The molecule has 1 rings (SSSR count). The van der Waals surface area contributed by atoms with E-state index in [4.69, 9.17) is 5.73 Å². The van der Waals surface area contributed by atoms with Crippen molar-refractivity contribution in [2.75, 3.05) is 0 Å². The van der Waals surface area contributed by atoms with E-state index in [2.05, 4.69) is 44.2 Å². The van der Waals surface area contributed by atoms with Crippen molar-refractivity contribution in [1.82, 2.24) is 0 Å². The minimum absolute atomic E-state index is 0.195. The Labute approximate surface area is 86.6 Å². The van der Waals surface area contributed by atoms with Gasteiger partial charge in [-0.25, -0.2) is 0 Å². The van der Waals surface area contributed by atoms with Gasteiger partial charge >= 0.3 is 0 Å². The van der Waals surface area contributed by atoms with Crippen molar-refractivity contribution in [1.29, 1.82) is 0 Å². The maximum absolute atomic E-state index is 5.95. The van der Waals surface area contributed by atoms with Crippen molar-refractivity contribution in [3.63, 3.8) is 0 Å². The Hall–Kier alpha value is -1.08. The summed E-state index contributed by atoms with van der Waals surface area (Å²) >= 11 is 0. The molecule has 76 valence electrons. The Morgan fingerprint density at radius 2 is 1.93 bits per heavy atom. The van der Waals surface area contributed by atoms with Crippen LogP contribution < -0.4 is 5.73 Å². The Bertz CT molecular complexity index is 283. The fraction of sp³-hybridized carbons (Fsp3) is 0.385. The minimum atomic E-state index is 0.195. The van der Waals surface area contributed by atoms with Crippen LogP contribution >= 0.6 is 0 Å². The van der Waals surface area contributed by atoms with Crippen molar-refractivity contribution < 1.29 is 0 Å². The molecular weight excluding hydrogens is 170 g/mol. The lowest BCUT2D eigenvalue weighted by Gasteiger charge is -2.07. The van der Waals surface area contributed by atoms with Gasteiger partial charge in [0.1, 0.15) is 0 Å². The smallest absolute Gasteiger partial charge is 0.0229 e. The van der Waals surface area contributed by atoms with Gasteiger partial charge in [-0.3, -0.25) is 0 Å². The second kappa shape index (κ2) is 5.61. The lowest BCUT2D eigenvalue weighted by Crippen LogP contribution is -2.17. The summed E-state index contributed by atoms with van der Waals surface area (Å²) in [4.78, 5) is 0. The molecule has 0 bridgehead atoms. The van der Waals surface area contributed by atoms with E-state index < -0.39 is 0 Å². The van der Waals surface area contributed by atoms with E-state index in [-0.39, 0.29) is 6.04 Å². The molecule has 14 heavy (non-hydrogen) atoms. The normalized spacial score (nSPS) is 12.2. The van der Waals surface area contributed by atoms with Gasteiger partial charge in [-0.2, -0.15) is 0 Å². The molecule has 0 saturated carbocycles. The second-order valence-electron chi connectivity index (χ2n) is 3.93. The summed E-state index contributed by atoms with van der Waals surface area (Å²) in [5.41, 5.74) is 8.61. The third-order valence-corrected chi connectivity index (χ3v) is 2.16. The lowest BCUT2D eigenvalue weighted by molar-refractivity contribution is 0.716. The van der Waals surface area contributed by atoms with E-state index >= 15 is 0 Å². The number of hydrogen-bond donors (Lipinski definition) is 1. The zero-order valence-corrected chi connectivity index (χ0v) is 9.03. The third kappa shape index (κ3) is 4.24. The van der Waals surface area contributed by atoms with Crippen molar-refractivity contribution in [3.05, 3.63) is 47.5 Å². The molecule has 0 aliphatic rings. The van der Waals surface area contributed by atoms with Crippen molar-refractivity contribution in [2.24, 2.45) is 5.73 Å². The van der Waals surface area contributed by atoms with E-state index in [9.17, 15) is 0 Å². The SMILES string of the molecule is CC(C)=CC(N)CCc1ccccc1. The summed E-state index contributed by atoms with van der Waals surface area (Å²) in [5, 5.41) is 0. The molecule has 1 aromatic rings. The summed E-state index contributed by atoms with van der Waals surface area (Å²) in [6, 6.07) is 10.7. The molecule has 0 aliphatic heterocycles. The fourth-order valence-electron chi connectivity index (χ4n) is 1.49. The molecule has 0 amide bonds. The minimum Gasteiger partial charge on any atom is -0.324 e. The van der Waals surface area contributed by atoms with Crippen LogP contribution in [0.15, 0.2) is 42.0 Å². The van der Waals surface area contributed by atoms with E-state index in [0.29, 0.717) is 0 Å². The van der Waals surface area contributed by atoms with E-state index in [1.165, 1.54) is 11.1 Å². The molecule has 1 unspecified atom stereocenters. The fourth-order valence-corrected chi connectivity index (χ4v) is 1.49. The summed E-state index contributed by atoms with van der Waals surface area (Å²) in [6.45, 7) is 4.17. The summed E-state index contributed by atoms with van der Waals surface area (Å²) in [5.74, 6) is 0. The van der Waals surface area contributed by atoms with Crippen molar-refractivity contribution in [2.45, 2.75) is 32.7 Å². The summed E-state index contributed by atoms with van der Waals surface area (Å²) < 4.78 is 0. The van der Waals surface area contributed by atoms with Gasteiger partial charge in [-0.1, -0.05) is 42.0 Å². The van der Waals surface area contributed by atoms with Gasteiger partial charge in [-0.15, -0.1) is 0 Å². The van der Waals surface area contributed by atoms with Crippen molar-refractivity contribution in [3.8, 4) is 0 Å². The maximum atomic E-state index is 5.95. The first-order valence-corrected chi connectivity index (χ1v) is 5.13. The first-order chi connectivity index (χ1) is 6.68. The molecular formula is C13H19N. The first kappa shape index (κ1) is 11.0. The molecule has 0 radical (unpaired) electrons. The highest BCUT2D eigenvalue weighted by atomic mass is 14.6. The molecule has 0 saturated heterocycles. The molecule has 0 spiro atoms. The van der Waals surface area contributed by atoms with Crippen LogP contribution in [-0.2, 0) is 6.42 Å². The molecule has 1 aromatic carbocycles. The maximum Gasteiger partial charge on any atom is 0.0229 e. The average molecular weight is 189 g/mol. The average Bonchev–Trinajstić information content (AvgIpc) is 2.15.